The number of carbonyl (C=O) groups is 1. The molecule has 1 fully saturated rings. The molecule has 0 radical (unpaired) electrons. The predicted molar refractivity (Wildman–Crippen MR) is 130 cm³/mol. The lowest BCUT2D eigenvalue weighted by Gasteiger charge is -2.21. The van der Waals surface area contributed by atoms with Crippen LogP contribution in [0, 0.1) is 20.8 Å². The molecule has 8 nitrogen and oxygen atoms in total. The maximum Gasteiger partial charge on any atom is 0.435 e. The number of sulfone groups is 1. The number of pyridine rings is 1. The fourth-order valence-corrected chi connectivity index (χ4v) is 4.90. The molecule has 40 heavy (non-hydrogen) atoms. The van der Waals surface area contributed by atoms with Crippen molar-refractivity contribution in [2.24, 2.45) is 0 Å². The summed E-state index contributed by atoms with van der Waals surface area (Å²) in [6, 6.07) is 6.23. The van der Waals surface area contributed by atoms with Crippen LogP contribution in [0.1, 0.15) is 51.4 Å². The highest BCUT2D eigenvalue weighted by molar-refractivity contribution is 7.90. The standard InChI is InChI=1S/C25H22F6N4O4S/c1-12-10-17(23(8-9-23)25(29,30)31)32-14(3)19(12)39-22-18(13(2)20(34-35-22)24(26,27)28)21(36)33-15-6-5-7-16(11-15)40(4,37)38/h5-7,10-11H,8-9H2,1-4H3,(H,33,36). The lowest BCUT2D eigenvalue weighted by Crippen LogP contribution is -2.30. The van der Waals surface area contributed by atoms with Gasteiger partial charge in [-0.15, -0.1) is 10.2 Å². The average molecular weight is 589 g/mol. The minimum atomic E-state index is -4.98. The molecule has 1 aliphatic carbocycles. The van der Waals surface area contributed by atoms with Gasteiger partial charge in [0.1, 0.15) is 11.0 Å². The number of benzene rings is 1. The number of ether oxygens (including phenoxy) is 1. The van der Waals surface area contributed by atoms with E-state index in [1.54, 1.807) is 0 Å². The van der Waals surface area contributed by atoms with E-state index in [9.17, 15) is 39.6 Å². The Kier molecular flexibility index (Phi) is 7.10. The zero-order chi connectivity index (χ0) is 29.8. The summed E-state index contributed by atoms with van der Waals surface area (Å²) < 4.78 is 111. The second-order valence-corrected chi connectivity index (χ2v) is 11.5. The Morgan fingerprint density at radius 2 is 1.68 bits per heavy atom. The molecule has 0 unspecified atom stereocenters. The molecule has 3 aromatic rings. The zero-order valence-electron chi connectivity index (χ0n) is 21.5. The van der Waals surface area contributed by atoms with Crippen molar-refractivity contribution in [3.63, 3.8) is 0 Å². The first-order valence-electron chi connectivity index (χ1n) is 11.6. The highest BCUT2D eigenvalue weighted by Gasteiger charge is 2.65. The normalized spacial score (nSPS) is 15.1. The average Bonchev–Trinajstić information content (AvgIpc) is 3.62. The van der Waals surface area contributed by atoms with Crippen LogP contribution in [0.15, 0.2) is 35.2 Å². The predicted octanol–water partition coefficient (Wildman–Crippen LogP) is 5.86. The lowest BCUT2D eigenvalue weighted by atomic mass is 9.99. The monoisotopic (exact) mass is 588 g/mol. The van der Waals surface area contributed by atoms with Gasteiger partial charge < -0.3 is 10.1 Å². The minimum absolute atomic E-state index is 0.00270. The Balaban J connectivity index is 1.77. The molecule has 0 aliphatic heterocycles. The van der Waals surface area contributed by atoms with Gasteiger partial charge in [0.25, 0.3) is 11.8 Å². The van der Waals surface area contributed by atoms with Crippen LogP contribution < -0.4 is 10.1 Å². The van der Waals surface area contributed by atoms with E-state index in [-0.39, 0.29) is 46.1 Å². The SMILES string of the molecule is Cc1cc(C2(C(F)(F)F)CC2)nc(C)c1Oc1nnc(C(F)(F)F)c(C)c1C(=O)Nc1cccc(S(C)(=O)=O)c1. The number of carbonyl (C=O) groups excluding carboxylic acids is 1. The van der Waals surface area contributed by atoms with E-state index in [0.29, 0.717) is 0 Å². The number of rotatable bonds is 6. The van der Waals surface area contributed by atoms with Crippen LogP contribution in [0.2, 0.25) is 0 Å². The van der Waals surface area contributed by atoms with E-state index in [0.717, 1.165) is 19.2 Å². The van der Waals surface area contributed by atoms with Crippen molar-refractivity contribution >= 4 is 21.4 Å². The molecule has 2 heterocycles. The molecule has 0 saturated heterocycles. The number of nitrogens with zero attached hydrogens (tertiary/aromatic N) is 3. The summed E-state index contributed by atoms with van der Waals surface area (Å²) in [6.45, 7) is 3.77. The molecule has 214 valence electrons. The Labute approximate surface area is 224 Å². The molecule has 1 aliphatic rings. The van der Waals surface area contributed by atoms with Gasteiger partial charge in [-0.25, -0.2) is 8.42 Å². The topological polar surface area (TPSA) is 111 Å². The number of aromatic nitrogens is 3. The molecule has 1 aromatic carbocycles. The van der Waals surface area contributed by atoms with Crippen LogP contribution in [0.5, 0.6) is 11.6 Å². The fourth-order valence-electron chi connectivity index (χ4n) is 4.23. The molecule has 1 saturated carbocycles. The summed E-state index contributed by atoms with van der Waals surface area (Å²) in [6.07, 6.45) is -8.81. The van der Waals surface area contributed by atoms with Crippen LogP contribution in [0.3, 0.4) is 0 Å². The van der Waals surface area contributed by atoms with E-state index >= 15 is 0 Å². The Morgan fingerprint density at radius 1 is 1.02 bits per heavy atom. The Bertz CT molecular complexity index is 1590. The smallest absolute Gasteiger partial charge is 0.435 e. The second kappa shape index (κ2) is 9.71. The fraction of sp³-hybridized carbons (Fsp3) is 0.360. The number of aryl methyl sites for hydroxylation is 2. The van der Waals surface area contributed by atoms with E-state index < -0.39 is 56.2 Å². The van der Waals surface area contributed by atoms with Crippen LogP contribution in [-0.4, -0.2) is 41.9 Å². The molecule has 1 N–H and O–H groups in total. The van der Waals surface area contributed by atoms with Crippen LogP contribution in [0.4, 0.5) is 32.0 Å². The van der Waals surface area contributed by atoms with Gasteiger partial charge in [-0.2, -0.15) is 26.3 Å². The molecular formula is C25H22F6N4O4S. The molecule has 2 aromatic heterocycles. The van der Waals surface area contributed by atoms with Gasteiger partial charge in [-0.05, 0) is 69.0 Å². The molecule has 1 amide bonds. The number of nitrogens with one attached hydrogen (secondary N) is 1. The summed E-state index contributed by atoms with van der Waals surface area (Å²) in [5.41, 5.74) is -4.90. The quantitative estimate of drug-likeness (QED) is 0.359. The van der Waals surface area contributed by atoms with E-state index in [4.69, 9.17) is 4.74 Å². The first kappa shape index (κ1) is 29.2. The van der Waals surface area contributed by atoms with Crippen molar-refractivity contribution in [2.75, 3.05) is 11.6 Å². The van der Waals surface area contributed by atoms with Crippen molar-refractivity contribution in [2.45, 2.75) is 56.3 Å². The summed E-state index contributed by atoms with van der Waals surface area (Å²) in [7, 11) is -3.66. The van der Waals surface area contributed by atoms with Gasteiger partial charge in [0, 0.05) is 11.9 Å². The lowest BCUT2D eigenvalue weighted by molar-refractivity contribution is -0.161. The van der Waals surface area contributed by atoms with Gasteiger partial charge in [-0.1, -0.05) is 6.07 Å². The summed E-state index contributed by atoms with van der Waals surface area (Å²) in [5.74, 6) is -1.88. The maximum absolute atomic E-state index is 13.6. The summed E-state index contributed by atoms with van der Waals surface area (Å²) >= 11 is 0. The highest BCUT2D eigenvalue weighted by Crippen LogP contribution is 2.58. The Morgan fingerprint density at radius 3 is 2.20 bits per heavy atom. The first-order valence-corrected chi connectivity index (χ1v) is 13.5. The second-order valence-electron chi connectivity index (χ2n) is 9.53. The van der Waals surface area contributed by atoms with Crippen molar-refractivity contribution in [1.29, 1.82) is 0 Å². The van der Waals surface area contributed by atoms with Crippen LogP contribution >= 0.6 is 0 Å². The highest BCUT2D eigenvalue weighted by atomic mass is 32.2. The van der Waals surface area contributed by atoms with Gasteiger partial charge in [0.15, 0.2) is 21.3 Å². The van der Waals surface area contributed by atoms with Crippen LogP contribution in [0.25, 0.3) is 0 Å². The number of hydrogen-bond acceptors (Lipinski definition) is 7. The van der Waals surface area contributed by atoms with Gasteiger partial charge in [0.05, 0.1) is 16.3 Å². The largest absolute Gasteiger partial charge is 0.435 e. The molecule has 0 bridgehead atoms. The number of alkyl halides is 6. The third-order valence-corrected chi connectivity index (χ3v) is 7.62. The van der Waals surface area contributed by atoms with Gasteiger partial charge >= 0.3 is 12.4 Å². The minimum Gasteiger partial charge on any atom is -0.435 e. The molecule has 4 rings (SSSR count). The first-order chi connectivity index (χ1) is 18.3. The third-order valence-electron chi connectivity index (χ3n) is 6.51. The van der Waals surface area contributed by atoms with Gasteiger partial charge in [0.2, 0.25) is 0 Å². The van der Waals surface area contributed by atoms with Crippen molar-refractivity contribution in [3.8, 4) is 11.6 Å². The van der Waals surface area contributed by atoms with E-state index in [1.807, 2.05) is 0 Å². The molecule has 0 atom stereocenters. The van der Waals surface area contributed by atoms with E-state index in [2.05, 4.69) is 20.5 Å². The number of anilines is 1. The number of amides is 1. The number of hydrogen-bond donors (Lipinski definition) is 1. The molecule has 15 heteroatoms. The number of halogens is 6. The third kappa shape index (κ3) is 5.46. The van der Waals surface area contributed by atoms with E-state index in [1.165, 1.54) is 38.1 Å². The maximum atomic E-state index is 13.6. The van der Waals surface area contributed by atoms with Crippen LogP contribution in [-0.2, 0) is 21.4 Å². The summed E-state index contributed by atoms with van der Waals surface area (Å²) in [5, 5.41) is 8.98. The Hall–Kier alpha value is -3.75. The molecular weight excluding hydrogens is 566 g/mol. The summed E-state index contributed by atoms with van der Waals surface area (Å²) in [4.78, 5) is 17.2. The molecule has 0 spiro atoms. The van der Waals surface area contributed by atoms with Crippen molar-refractivity contribution in [3.05, 3.63) is 64.1 Å². The van der Waals surface area contributed by atoms with Crippen molar-refractivity contribution < 1.29 is 44.3 Å². The van der Waals surface area contributed by atoms with Gasteiger partial charge in [-0.3, -0.25) is 9.78 Å². The zero-order valence-corrected chi connectivity index (χ0v) is 22.3. The van der Waals surface area contributed by atoms with Crippen molar-refractivity contribution in [1.82, 2.24) is 15.2 Å².